The number of carbonyl (C=O) groups excluding carboxylic acids is 1. The van der Waals surface area contributed by atoms with Crippen LogP contribution < -0.4 is 10.6 Å². The fourth-order valence-electron chi connectivity index (χ4n) is 4.61. The minimum atomic E-state index is -3.50. The van der Waals surface area contributed by atoms with E-state index < -0.39 is 10.0 Å². The number of thiophene rings is 1. The first-order valence-electron chi connectivity index (χ1n) is 11.8. The smallest absolute Gasteiger partial charge is 0.252 e. The summed E-state index contributed by atoms with van der Waals surface area (Å²) in [6.45, 7) is 2.44. The molecule has 1 amide bonds. The van der Waals surface area contributed by atoms with E-state index in [1.165, 1.54) is 43.4 Å². The number of halogens is 1. The molecule has 4 rings (SSSR count). The maximum atomic E-state index is 13.1. The molecule has 2 fully saturated rings. The van der Waals surface area contributed by atoms with Crippen LogP contribution in [-0.2, 0) is 16.6 Å². The molecule has 1 aromatic carbocycles. The molecule has 2 heterocycles. The molecular weight excluding hydrogens is 478 g/mol. The highest BCUT2D eigenvalue weighted by Crippen LogP contribution is 2.28. The van der Waals surface area contributed by atoms with Gasteiger partial charge < -0.3 is 10.6 Å². The van der Waals surface area contributed by atoms with Crippen LogP contribution in [-0.4, -0.2) is 44.3 Å². The molecular formula is C24H32ClN3O3S2. The molecule has 0 radical (unpaired) electrons. The largest absolute Gasteiger partial charge is 0.347 e. The second-order valence-electron chi connectivity index (χ2n) is 9.00. The number of rotatable bonds is 8. The van der Waals surface area contributed by atoms with Gasteiger partial charge in [-0.25, -0.2) is 8.42 Å². The van der Waals surface area contributed by atoms with Crippen molar-refractivity contribution in [2.24, 2.45) is 5.92 Å². The minimum Gasteiger partial charge on any atom is -0.347 e. The summed E-state index contributed by atoms with van der Waals surface area (Å²) in [4.78, 5) is 13.1. The summed E-state index contributed by atoms with van der Waals surface area (Å²) in [5.74, 6) is 0.567. The standard InChI is InChI=1S/C24H32ClN3O3S2/c25-20-8-6-19(7-9-20)24(29)27-17-22-10-11-23(32-22)33(30,31)28-14-12-21(13-15-28)26-16-18-4-2-1-3-5-18/h6-11,18,21,26H,1-5,12-17H2,(H,27,29). The molecule has 0 atom stereocenters. The van der Waals surface area contributed by atoms with Crippen LogP contribution in [0.5, 0.6) is 0 Å². The molecule has 1 saturated heterocycles. The van der Waals surface area contributed by atoms with Crippen LogP contribution in [0, 0.1) is 5.92 Å². The van der Waals surface area contributed by atoms with Gasteiger partial charge in [0, 0.05) is 34.6 Å². The van der Waals surface area contributed by atoms with Gasteiger partial charge in [-0.15, -0.1) is 11.3 Å². The van der Waals surface area contributed by atoms with Crippen molar-refractivity contribution in [1.82, 2.24) is 14.9 Å². The third-order valence-corrected chi connectivity index (χ3v) is 10.3. The number of hydrogen-bond acceptors (Lipinski definition) is 5. The third-order valence-electron chi connectivity index (χ3n) is 6.63. The number of piperidine rings is 1. The van der Waals surface area contributed by atoms with Gasteiger partial charge in [-0.1, -0.05) is 30.9 Å². The van der Waals surface area contributed by atoms with Crippen LogP contribution in [0.25, 0.3) is 0 Å². The Labute approximate surface area is 205 Å². The van der Waals surface area contributed by atoms with E-state index in [1.54, 1.807) is 40.7 Å². The molecule has 1 aliphatic carbocycles. The van der Waals surface area contributed by atoms with Gasteiger partial charge in [0.25, 0.3) is 15.9 Å². The molecule has 2 aliphatic rings. The molecule has 1 aliphatic heterocycles. The predicted octanol–water partition coefficient (Wildman–Crippen LogP) is 4.65. The van der Waals surface area contributed by atoms with E-state index in [2.05, 4.69) is 10.6 Å². The first-order valence-corrected chi connectivity index (χ1v) is 14.4. The molecule has 0 spiro atoms. The molecule has 2 aromatic rings. The van der Waals surface area contributed by atoms with Gasteiger partial charge in [0.1, 0.15) is 4.21 Å². The summed E-state index contributed by atoms with van der Waals surface area (Å²) in [7, 11) is -3.50. The average Bonchev–Trinajstić information content (AvgIpc) is 3.33. The molecule has 33 heavy (non-hydrogen) atoms. The molecule has 0 bridgehead atoms. The van der Waals surface area contributed by atoms with E-state index in [0.29, 0.717) is 33.9 Å². The van der Waals surface area contributed by atoms with Crippen molar-refractivity contribution in [3.63, 3.8) is 0 Å². The van der Waals surface area contributed by atoms with E-state index in [4.69, 9.17) is 11.6 Å². The zero-order chi connectivity index (χ0) is 23.3. The van der Waals surface area contributed by atoms with Crippen LogP contribution >= 0.6 is 22.9 Å². The second-order valence-corrected chi connectivity index (χ2v) is 12.8. The number of carbonyl (C=O) groups is 1. The Morgan fingerprint density at radius 1 is 1.00 bits per heavy atom. The topological polar surface area (TPSA) is 78.5 Å². The number of sulfonamides is 1. The average molecular weight is 510 g/mol. The van der Waals surface area contributed by atoms with Gasteiger partial charge in [-0.3, -0.25) is 4.79 Å². The van der Waals surface area contributed by atoms with Crippen molar-refractivity contribution in [2.75, 3.05) is 19.6 Å². The first-order chi connectivity index (χ1) is 15.9. The minimum absolute atomic E-state index is 0.215. The lowest BCUT2D eigenvalue weighted by atomic mass is 9.89. The fourth-order valence-corrected chi connectivity index (χ4v) is 7.66. The zero-order valence-corrected chi connectivity index (χ0v) is 21.2. The van der Waals surface area contributed by atoms with Crippen LogP contribution in [0.4, 0.5) is 0 Å². The molecule has 9 heteroatoms. The SMILES string of the molecule is O=C(NCc1ccc(S(=O)(=O)N2CCC(NCC3CCCCC3)CC2)s1)c1ccc(Cl)cc1. The Bertz CT molecular complexity index is 1030. The Kier molecular flexibility index (Phi) is 8.46. The van der Waals surface area contributed by atoms with Crippen molar-refractivity contribution >= 4 is 38.9 Å². The number of nitrogens with one attached hydrogen (secondary N) is 2. The molecule has 6 nitrogen and oxygen atoms in total. The van der Waals surface area contributed by atoms with Crippen molar-refractivity contribution in [1.29, 1.82) is 0 Å². The lowest BCUT2D eigenvalue weighted by Crippen LogP contribution is -2.45. The number of benzene rings is 1. The molecule has 1 aromatic heterocycles. The van der Waals surface area contributed by atoms with Crippen molar-refractivity contribution < 1.29 is 13.2 Å². The summed E-state index contributed by atoms with van der Waals surface area (Å²) in [5, 5.41) is 7.09. The second kappa shape index (κ2) is 11.3. The normalized spacial score (nSPS) is 18.9. The van der Waals surface area contributed by atoms with Crippen molar-refractivity contribution in [3.05, 3.63) is 51.9 Å². The zero-order valence-electron chi connectivity index (χ0n) is 18.8. The molecule has 0 unspecified atom stereocenters. The Morgan fingerprint density at radius 2 is 1.70 bits per heavy atom. The number of hydrogen-bond donors (Lipinski definition) is 2. The summed E-state index contributed by atoms with van der Waals surface area (Å²) in [6, 6.07) is 10.5. The lowest BCUT2D eigenvalue weighted by molar-refractivity contribution is 0.0951. The fraction of sp³-hybridized carbons (Fsp3) is 0.542. The van der Waals surface area contributed by atoms with Gasteiger partial charge in [-0.05, 0) is 74.5 Å². The van der Waals surface area contributed by atoms with Crippen LogP contribution in [0.15, 0.2) is 40.6 Å². The van der Waals surface area contributed by atoms with Crippen LogP contribution in [0.2, 0.25) is 5.02 Å². The first kappa shape index (κ1) is 24.7. The van der Waals surface area contributed by atoms with E-state index in [9.17, 15) is 13.2 Å². The molecule has 2 N–H and O–H groups in total. The van der Waals surface area contributed by atoms with Gasteiger partial charge in [-0.2, -0.15) is 4.31 Å². The van der Waals surface area contributed by atoms with Crippen LogP contribution in [0.1, 0.15) is 60.2 Å². The van der Waals surface area contributed by atoms with Gasteiger partial charge in [0.05, 0.1) is 6.54 Å². The summed E-state index contributed by atoms with van der Waals surface area (Å²) in [5.41, 5.74) is 0.517. The van der Waals surface area contributed by atoms with Crippen molar-refractivity contribution in [3.8, 4) is 0 Å². The van der Waals surface area contributed by atoms with Crippen LogP contribution in [0.3, 0.4) is 0 Å². The molecule has 1 saturated carbocycles. The van der Waals surface area contributed by atoms with Gasteiger partial charge >= 0.3 is 0 Å². The number of nitrogens with zero attached hydrogens (tertiary/aromatic N) is 1. The summed E-state index contributed by atoms with van der Waals surface area (Å²) < 4.78 is 28.2. The Balaban J connectivity index is 1.26. The van der Waals surface area contributed by atoms with E-state index in [1.807, 2.05) is 0 Å². The quantitative estimate of drug-likeness (QED) is 0.542. The van der Waals surface area contributed by atoms with Gasteiger partial charge in [0.15, 0.2) is 0 Å². The highest BCUT2D eigenvalue weighted by atomic mass is 35.5. The van der Waals surface area contributed by atoms with E-state index in [0.717, 1.165) is 30.2 Å². The maximum Gasteiger partial charge on any atom is 0.252 e. The highest BCUT2D eigenvalue weighted by Gasteiger charge is 2.30. The van der Waals surface area contributed by atoms with E-state index in [-0.39, 0.29) is 12.5 Å². The van der Waals surface area contributed by atoms with Crippen molar-refractivity contribution in [2.45, 2.75) is 61.7 Å². The third kappa shape index (κ3) is 6.57. The summed E-state index contributed by atoms with van der Waals surface area (Å²) in [6.07, 6.45) is 8.39. The van der Waals surface area contributed by atoms with Gasteiger partial charge in [0.2, 0.25) is 0 Å². The lowest BCUT2D eigenvalue weighted by Gasteiger charge is -2.32. The maximum absolute atomic E-state index is 13.1. The Morgan fingerprint density at radius 3 is 2.39 bits per heavy atom. The highest BCUT2D eigenvalue weighted by molar-refractivity contribution is 7.91. The summed E-state index contributed by atoms with van der Waals surface area (Å²) >= 11 is 7.08. The Hall–Kier alpha value is -1.45. The predicted molar refractivity (Wildman–Crippen MR) is 133 cm³/mol. The van der Waals surface area contributed by atoms with E-state index >= 15 is 0 Å². The molecule has 180 valence electrons. The number of amides is 1. The monoisotopic (exact) mass is 509 g/mol.